The zero-order valence-corrected chi connectivity index (χ0v) is 26.1. The highest BCUT2D eigenvalue weighted by Gasteiger charge is 2.15. The maximum absolute atomic E-state index is 6.27. The number of aromatic nitrogens is 1. The molecule has 0 unspecified atom stereocenters. The minimum atomic E-state index is 0.633. The van der Waals surface area contributed by atoms with E-state index >= 15 is 0 Å². The molecular weight excluding hydrogens is 585 g/mol. The van der Waals surface area contributed by atoms with E-state index in [-0.39, 0.29) is 0 Å². The van der Waals surface area contributed by atoms with E-state index in [4.69, 9.17) is 9.40 Å². The first-order chi connectivity index (χ1) is 23.8. The van der Waals surface area contributed by atoms with Gasteiger partial charge in [0.25, 0.3) is 0 Å². The fourth-order valence-electron chi connectivity index (χ4n) is 6.68. The van der Waals surface area contributed by atoms with Crippen molar-refractivity contribution in [3.8, 4) is 33.7 Å². The second-order valence-corrected chi connectivity index (χ2v) is 12.0. The molecule has 9 rings (SSSR count). The maximum atomic E-state index is 6.27. The molecule has 1 aromatic heterocycles. The van der Waals surface area contributed by atoms with Gasteiger partial charge >= 0.3 is 0 Å². The molecule has 0 aliphatic carbocycles. The van der Waals surface area contributed by atoms with Crippen LogP contribution in [0, 0.1) is 0 Å². The van der Waals surface area contributed by atoms with Crippen molar-refractivity contribution in [2.45, 2.75) is 0 Å². The minimum absolute atomic E-state index is 0.633. The third kappa shape index (κ3) is 4.99. The van der Waals surface area contributed by atoms with Crippen LogP contribution in [0.4, 0.5) is 17.1 Å². The summed E-state index contributed by atoms with van der Waals surface area (Å²) in [7, 11) is 0. The molecule has 9 aromatic rings. The maximum Gasteiger partial charge on any atom is 0.227 e. The van der Waals surface area contributed by atoms with Gasteiger partial charge in [0.1, 0.15) is 5.52 Å². The Morgan fingerprint density at radius 3 is 1.60 bits per heavy atom. The molecule has 1 heterocycles. The molecule has 0 saturated carbocycles. The molecule has 0 amide bonds. The normalized spacial score (nSPS) is 11.3. The molecule has 226 valence electrons. The summed E-state index contributed by atoms with van der Waals surface area (Å²) >= 11 is 0. The van der Waals surface area contributed by atoms with Crippen LogP contribution in [0.1, 0.15) is 0 Å². The fraction of sp³-hybridized carbons (Fsp3) is 0. The van der Waals surface area contributed by atoms with Crippen LogP contribution in [0.3, 0.4) is 0 Å². The largest absolute Gasteiger partial charge is 0.435 e. The molecule has 0 aliphatic heterocycles. The first-order valence-corrected chi connectivity index (χ1v) is 16.2. The predicted molar refractivity (Wildman–Crippen MR) is 200 cm³/mol. The van der Waals surface area contributed by atoms with Gasteiger partial charge in [-0.2, -0.15) is 0 Å². The van der Waals surface area contributed by atoms with Gasteiger partial charge < -0.3 is 9.32 Å². The minimum Gasteiger partial charge on any atom is -0.435 e. The van der Waals surface area contributed by atoms with Gasteiger partial charge in [-0.25, -0.2) is 4.98 Å². The zero-order chi connectivity index (χ0) is 31.9. The molecule has 0 spiro atoms. The molecule has 0 saturated heterocycles. The van der Waals surface area contributed by atoms with Crippen LogP contribution in [0.2, 0.25) is 0 Å². The lowest BCUT2D eigenvalue weighted by molar-refractivity contribution is 0.623. The quantitative estimate of drug-likeness (QED) is 0.187. The standard InChI is InChI=1S/C45H30N2O/c1-2-12-37(13-3-1)47(39-28-23-35(24-29-39)41-16-8-11-33-9-4-6-14-40(33)41)38-26-21-32(22-27-38)31-17-19-36(20-18-31)45-46-43-30-25-34-10-5-7-15-42(34)44(43)48-45/h1-30H. The molecule has 0 N–H and O–H groups in total. The van der Waals surface area contributed by atoms with E-state index in [0.717, 1.165) is 55.6 Å². The van der Waals surface area contributed by atoms with Crippen LogP contribution >= 0.6 is 0 Å². The summed E-state index contributed by atoms with van der Waals surface area (Å²) in [6.07, 6.45) is 0. The summed E-state index contributed by atoms with van der Waals surface area (Å²) in [6, 6.07) is 64.1. The highest BCUT2D eigenvalue weighted by atomic mass is 16.3. The van der Waals surface area contributed by atoms with E-state index in [2.05, 4.69) is 169 Å². The monoisotopic (exact) mass is 614 g/mol. The second kappa shape index (κ2) is 11.7. The van der Waals surface area contributed by atoms with Gasteiger partial charge in [-0.05, 0) is 93.0 Å². The van der Waals surface area contributed by atoms with E-state index in [1.165, 1.54) is 21.9 Å². The Morgan fingerprint density at radius 2 is 0.896 bits per heavy atom. The highest BCUT2D eigenvalue weighted by Crippen LogP contribution is 2.38. The molecule has 3 nitrogen and oxygen atoms in total. The van der Waals surface area contributed by atoms with E-state index in [1.807, 2.05) is 18.2 Å². The van der Waals surface area contributed by atoms with Gasteiger partial charge in [-0.3, -0.25) is 0 Å². The van der Waals surface area contributed by atoms with E-state index in [1.54, 1.807) is 0 Å². The Morgan fingerprint density at radius 1 is 0.375 bits per heavy atom. The first-order valence-electron chi connectivity index (χ1n) is 16.2. The average molecular weight is 615 g/mol. The summed E-state index contributed by atoms with van der Waals surface area (Å²) in [5.74, 6) is 0.633. The number of fused-ring (bicyclic) bond motifs is 4. The van der Waals surface area contributed by atoms with Gasteiger partial charge in [-0.1, -0.05) is 127 Å². The number of hydrogen-bond acceptors (Lipinski definition) is 3. The summed E-state index contributed by atoms with van der Waals surface area (Å²) < 4.78 is 6.27. The van der Waals surface area contributed by atoms with Gasteiger partial charge in [0.15, 0.2) is 5.58 Å². The van der Waals surface area contributed by atoms with Crippen molar-refractivity contribution in [1.29, 1.82) is 0 Å². The third-order valence-electron chi connectivity index (χ3n) is 9.11. The van der Waals surface area contributed by atoms with Crippen molar-refractivity contribution in [2.75, 3.05) is 4.90 Å². The van der Waals surface area contributed by atoms with Crippen molar-refractivity contribution < 1.29 is 4.42 Å². The van der Waals surface area contributed by atoms with Crippen LogP contribution in [-0.2, 0) is 0 Å². The highest BCUT2D eigenvalue weighted by molar-refractivity contribution is 6.03. The fourth-order valence-corrected chi connectivity index (χ4v) is 6.68. The number of benzene rings is 8. The van der Waals surface area contributed by atoms with E-state index in [0.29, 0.717) is 5.89 Å². The Hall–Kier alpha value is -6.45. The zero-order valence-electron chi connectivity index (χ0n) is 26.1. The number of nitrogens with zero attached hydrogens (tertiary/aromatic N) is 2. The molecule has 3 heteroatoms. The molecule has 0 bridgehead atoms. The summed E-state index contributed by atoms with van der Waals surface area (Å²) in [5.41, 5.74) is 10.7. The van der Waals surface area contributed by atoms with Crippen molar-refractivity contribution >= 4 is 49.7 Å². The Kier molecular flexibility index (Phi) is 6.80. The Balaban J connectivity index is 1.01. The summed E-state index contributed by atoms with van der Waals surface area (Å²) in [6.45, 7) is 0. The molecule has 0 fully saturated rings. The van der Waals surface area contributed by atoms with E-state index < -0.39 is 0 Å². The number of anilines is 3. The third-order valence-corrected chi connectivity index (χ3v) is 9.11. The second-order valence-electron chi connectivity index (χ2n) is 12.0. The van der Waals surface area contributed by atoms with Gasteiger partial charge in [0.2, 0.25) is 5.89 Å². The smallest absolute Gasteiger partial charge is 0.227 e. The lowest BCUT2D eigenvalue weighted by Gasteiger charge is -2.26. The molecular formula is C45H30N2O. The van der Waals surface area contributed by atoms with Crippen molar-refractivity contribution in [3.05, 3.63) is 182 Å². The Bertz CT molecular complexity index is 2530. The van der Waals surface area contributed by atoms with Crippen LogP contribution in [0.25, 0.3) is 66.4 Å². The number of rotatable bonds is 6. The van der Waals surface area contributed by atoms with Gasteiger partial charge in [0, 0.05) is 28.0 Å². The average Bonchev–Trinajstić information content (AvgIpc) is 3.61. The lowest BCUT2D eigenvalue weighted by Crippen LogP contribution is -2.09. The van der Waals surface area contributed by atoms with Crippen LogP contribution < -0.4 is 4.90 Å². The number of hydrogen-bond donors (Lipinski definition) is 0. The van der Waals surface area contributed by atoms with Crippen molar-refractivity contribution in [1.82, 2.24) is 4.98 Å². The van der Waals surface area contributed by atoms with Gasteiger partial charge in [0.05, 0.1) is 0 Å². The topological polar surface area (TPSA) is 29.3 Å². The molecule has 0 atom stereocenters. The summed E-state index contributed by atoms with van der Waals surface area (Å²) in [4.78, 5) is 7.09. The Labute approximate surface area is 279 Å². The summed E-state index contributed by atoms with van der Waals surface area (Å²) in [5, 5.41) is 4.74. The molecule has 0 radical (unpaired) electrons. The van der Waals surface area contributed by atoms with E-state index in [9.17, 15) is 0 Å². The molecule has 0 aliphatic rings. The van der Waals surface area contributed by atoms with Crippen molar-refractivity contribution in [3.63, 3.8) is 0 Å². The number of oxazole rings is 1. The molecule has 8 aromatic carbocycles. The number of para-hydroxylation sites is 1. The SMILES string of the molecule is c1ccc(N(c2ccc(-c3ccc(-c4nc5ccc6ccccc6c5o4)cc3)cc2)c2ccc(-c3cccc4ccccc34)cc2)cc1. The van der Waals surface area contributed by atoms with Crippen LogP contribution in [0.5, 0.6) is 0 Å². The molecule has 48 heavy (non-hydrogen) atoms. The van der Waals surface area contributed by atoms with Gasteiger partial charge in [-0.15, -0.1) is 0 Å². The van der Waals surface area contributed by atoms with Crippen LogP contribution in [-0.4, -0.2) is 4.98 Å². The van der Waals surface area contributed by atoms with Crippen molar-refractivity contribution in [2.24, 2.45) is 0 Å². The lowest BCUT2D eigenvalue weighted by atomic mass is 9.98. The first kappa shape index (κ1) is 27.8. The predicted octanol–water partition coefficient (Wildman–Crippen LogP) is 12.6. The van der Waals surface area contributed by atoms with Crippen LogP contribution in [0.15, 0.2) is 186 Å².